The fourth-order valence-corrected chi connectivity index (χ4v) is 5.88. The maximum atomic E-state index is 10.3. The van der Waals surface area contributed by atoms with E-state index in [0.29, 0.717) is 12.8 Å². The summed E-state index contributed by atoms with van der Waals surface area (Å²) in [6, 6.07) is 0. The lowest BCUT2D eigenvalue weighted by Crippen LogP contribution is -2.36. The van der Waals surface area contributed by atoms with Crippen molar-refractivity contribution in [1.82, 2.24) is 0 Å². The van der Waals surface area contributed by atoms with Crippen LogP contribution in [0.25, 0.3) is 0 Å². The van der Waals surface area contributed by atoms with E-state index in [-0.39, 0.29) is 10.7 Å². The molecule has 1 aliphatic rings. The van der Waals surface area contributed by atoms with Crippen LogP contribution in [0.15, 0.2) is 11.6 Å². The van der Waals surface area contributed by atoms with Gasteiger partial charge in [-0.2, -0.15) is 0 Å². The number of rotatable bonds is 5. The van der Waals surface area contributed by atoms with Crippen molar-refractivity contribution >= 4 is 23.5 Å². The second kappa shape index (κ2) is 6.50. The number of allylic oxidation sites excluding steroid dienone is 1. The zero-order valence-electron chi connectivity index (χ0n) is 11.0. The van der Waals surface area contributed by atoms with E-state index in [1.165, 1.54) is 12.0 Å². The normalized spacial score (nSPS) is 22.9. The summed E-state index contributed by atoms with van der Waals surface area (Å²) in [5, 5.41) is 19.3. The zero-order chi connectivity index (χ0) is 12.9. The first-order valence-corrected chi connectivity index (χ1v) is 8.13. The Hall–Kier alpha value is 0.360. The van der Waals surface area contributed by atoms with Gasteiger partial charge < -0.3 is 10.2 Å². The van der Waals surface area contributed by atoms with Crippen molar-refractivity contribution < 1.29 is 10.2 Å². The molecule has 2 N–H and O–H groups in total. The molecule has 0 amide bonds. The highest BCUT2D eigenvalue weighted by atomic mass is 32.2. The van der Waals surface area contributed by atoms with Gasteiger partial charge in [0.05, 0.1) is 9.68 Å². The van der Waals surface area contributed by atoms with E-state index in [1.807, 2.05) is 30.4 Å². The summed E-state index contributed by atoms with van der Waals surface area (Å²) in [5.74, 6) is 2.32. The van der Waals surface area contributed by atoms with Crippen LogP contribution in [0.4, 0.5) is 0 Å². The molecule has 0 bridgehead atoms. The summed E-state index contributed by atoms with van der Waals surface area (Å²) in [6.07, 6.45) is 4.69. The Morgan fingerprint density at radius 1 is 1.35 bits per heavy atom. The summed E-state index contributed by atoms with van der Waals surface area (Å²) in [5.41, 5.74) is 0.518. The highest BCUT2D eigenvalue weighted by Gasteiger charge is 2.38. The largest absolute Gasteiger partial charge is 0.396 e. The van der Waals surface area contributed by atoms with Crippen molar-refractivity contribution in [2.24, 2.45) is 0 Å². The molecule has 100 valence electrons. The molecule has 0 aromatic carbocycles. The third kappa shape index (κ3) is 5.25. The number of aliphatic hydroxyl groups is 2. The highest BCUT2D eigenvalue weighted by Crippen LogP contribution is 2.49. The van der Waals surface area contributed by atoms with Crippen LogP contribution in [0, 0.1) is 0 Å². The molecule has 1 fully saturated rings. The Morgan fingerprint density at radius 2 is 1.94 bits per heavy atom. The molecule has 17 heavy (non-hydrogen) atoms. The van der Waals surface area contributed by atoms with Crippen LogP contribution < -0.4 is 0 Å². The Kier molecular flexibility index (Phi) is 5.90. The van der Waals surface area contributed by atoms with Crippen LogP contribution >= 0.6 is 23.5 Å². The zero-order valence-corrected chi connectivity index (χ0v) is 12.7. The standard InChI is InChI=1S/C13H24O2S2/c1-11(2)9-13(16-7-4-8-17-13)10-12(3,15)5-6-14/h9,14-15H,4-8,10H2,1-3H3. The van der Waals surface area contributed by atoms with Crippen molar-refractivity contribution in [3.8, 4) is 0 Å². The second-order valence-corrected chi connectivity index (χ2v) is 8.34. The van der Waals surface area contributed by atoms with Gasteiger partial charge >= 0.3 is 0 Å². The summed E-state index contributed by atoms with van der Waals surface area (Å²) in [7, 11) is 0. The van der Waals surface area contributed by atoms with Crippen LogP contribution in [0.1, 0.15) is 40.0 Å². The van der Waals surface area contributed by atoms with Crippen molar-refractivity contribution in [2.75, 3.05) is 18.1 Å². The van der Waals surface area contributed by atoms with Gasteiger partial charge in [-0.25, -0.2) is 0 Å². The lowest BCUT2D eigenvalue weighted by Gasteiger charge is -2.39. The summed E-state index contributed by atoms with van der Waals surface area (Å²) >= 11 is 3.87. The maximum Gasteiger partial charge on any atom is 0.0820 e. The monoisotopic (exact) mass is 276 g/mol. The summed E-state index contributed by atoms with van der Waals surface area (Å²) in [6.45, 7) is 6.10. The van der Waals surface area contributed by atoms with Gasteiger partial charge in [0.1, 0.15) is 0 Å². The molecular formula is C13H24O2S2. The van der Waals surface area contributed by atoms with Gasteiger partial charge in [-0.15, -0.1) is 23.5 Å². The van der Waals surface area contributed by atoms with Gasteiger partial charge in [0.2, 0.25) is 0 Å². The maximum absolute atomic E-state index is 10.3. The lowest BCUT2D eigenvalue weighted by atomic mass is 9.95. The Labute approximate surface area is 113 Å². The Balaban J connectivity index is 2.80. The molecule has 0 aliphatic carbocycles. The van der Waals surface area contributed by atoms with E-state index < -0.39 is 5.60 Å². The number of aliphatic hydroxyl groups excluding tert-OH is 1. The van der Waals surface area contributed by atoms with E-state index in [0.717, 1.165) is 11.5 Å². The smallest absolute Gasteiger partial charge is 0.0820 e. The molecule has 2 nitrogen and oxygen atoms in total. The SMILES string of the molecule is CC(C)=CC1(CC(C)(O)CCO)SCCCS1. The van der Waals surface area contributed by atoms with Crippen LogP contribution in [0.2, 0.25) is 0 Å². The van der Waals surface area contributed by atoms with E-state index in [4.69, 9.17) is 5.11 Å². The molecular weight excluding hydrogens is 252 g/mol. The van der Waals surface area contributed by atoms with Crippen molar-refractivity contribution in [2.45, 2.75) is 49.7 Å². The van der Waals surface area contributed by atoms with Crippen LogP contribution in [0.5, 0.6) is 0 Å². The molecule has 0 aromatic heterocycles. The van der Waals surface area contributed by atoms with Gasteiger partial charge in [0, 0.05) is 13.0 Å². The second-order valence-electron chi connectivity index (χ2n) is 5.23. The first-order valence-electron chi connectivity index (χ1n) is 6.16. The molecule has 1 aliphatic heterocycles. The molecule has 4 heteroatoms. The first-order chi connectivity index (χ1) is 7.89. The Bertz CT molecular complexity index is 265. The third-order valence-electron chi connectivity index (χ3n) is 2.77. The van der Waals surface area contributed by atoms with Gasteiger partial charge in [-0.05, 0) is 45.1 Å². The first kappa shape index (κ1) is 15.4. The van der Waals surface area contributed by atoms with Gasteiger partial charge in [-0.3, -0.25) is 0 Å². The average Bonchev–Trinajstić information content (AvgIpc) is 2.15. The molecule has 0 aromatic rings. The number of hydrogen-bond donors (Lipinski definition) is 2. The fraction of sp³-hybridized carbons (Fsp3) is 0.846. The lowest BCUT2D eigenvalue weighted by molar-refractivity contribution is 0.0256. The minimum Gasteiger partial charge on any atom is -0.396 e. The highest BCUT2D eigenvalue weighted by molar-refractivity contribution is 8.19. The number of thioether (sulfide) groups is 2. The van der Waals surface area contributed by atoms with E-state index in [9.17, 15) is 5.11 Å². The number of hydrogen-bond acceptors (Lipinski definition) is 4. The average molecular weight is 276 g/mol. The Morgan fingerprint density at radius 3 is 2.41 bits per heavy atom. The van der Waals surface area contributed by atoms with Crippen LogP contribution in [-0.2, 0) is 0 Å². The minimum absolute atomic E-state index is 0.00421. The van der Waals surface area contributed by atoms with Crippen molar-refractivity contribution in [1.29, 1.82) is 0 Å². The van der Waals surface area contributed by atoms with E-state index in [2.05, 4.69) is 19.9 Å². The van der Waals surface area contributed by atoms with Crippen molar-refractivity contribution in [3.63, 3.8) is 0 Å². The molecule has 1 atom stereocenters. The fourth-order valence-electron chi connectivity index (χ4n) is 2.13. The van der Waals surface area contributed by atoms with Gasteiger partial charge in [0.25, 0.3) is 0 Å². The third-order valence-corrected chi connectivity index (χ3v) is 5.96. The van der Waals surface area contributed by atoms with Crippen LogP contribution in [-0.4, -0.2) is 38.0 Å². The minimum atomic E-state index is -0.780. The molecule has 0 radical (unpaired) electrons. The van der Waals surface area contributed by atoms with Gasteiger partial charge in [0.15, 0.2) is 0 Å². The molecule has 1 heterocycles. The molecule has 0 spiro atoms. The van der Waals surface area contributed by atoms with E-state index >= 15 is 0 Å². The topological polar surface area (TPSA) is 40.5 Å². The molecule has 0 saturated carbocycles. The summed E-state index contributed by atoms with van der Waals surface area (Å²) < 4.78 is -0.00421. The molecule has 1 saturated heterocycles. The van der Waals surface area contributed by atoms with E-state index in [1.54, 1.807) is 0 Å². The van der Waals surface area contributed by atoms with Gasteiger partial charge in [-0.1, -0.05) is 11.6 Å². The van der Waals surface area contributed by atoms with Crippen molar-refractivity contribution in [3.05, 3.63) is 11.6 Å². The predicted octanol–water partition coefficient (Wildman–Crippen LogP) is 3.04. The van der Waals surface area contributed by atoms with Crippen LogP contribution in [0.3, 0.4) is 0 Å². The molecule has 1 rings (SSSR count). The summed E-state index contributed by atoms with van der Waals surface area (Å²) in [4.78, 5) is 0. The predicted molar refractivity (Wildman–Crippen MR) is 78.6 cm³/mol. The quantitative estimate of drug-likeness (QED) is 0.757. The molecule has 1 unspecified atom stereocenters.